The Morgan fingerprint density at radius 1 is 1.42 bits per heavy atom. The Hall–Kier alpha value is -1.75. The van der Waals surface area contributed by atoms with Crippen molar-refractivity contribution in [2.24, 2.45) is 11.7 Å². The smallest absolute Gasteiger partial charge is 0.244 e. The molecule has 1 aromatic heterocycles. The van der Waals surface area contributed by atoms with E-state index >= 15 is 0 Å². The predicted molar refractivity (Wildman–Crippen MR) is 70.8 cm³/mol. The highest BCUT2D eigenvalue weighted by atomic mass is 19.1. The van der Waals surface area contributed by atoms with Crippen molar-refractivity contribution in [1.29, 1.82) is 0 Å². The summed E-state index contributed by atoms with van der Waals surface area (Å²) in [7, 11) is 0. The van der Waals surface area contributed by atoms with Crippen molar-refractivity contribution in [1.82, 2.24) is 10.1 Å². The van der Waals surface area contributed by atoms with Crippen LogP contribution in [0.4, 0.5) is 4.39 Å². The van der Waals surface area contributed by atoms with Crippen molar-refractivity contribution in [3.05, 3.63) is 35.5 Å². The number of nitrogens with zero attached hydrogens (tertiary/aromatic N) is 2. The largest absolute Gasteiger partial charge is 0.337 e. The summed E-state index contributed by atoms with van der Waals surface area (Å²) in [5.74, 6) is 0.733. The Morgan fingerprint density at radius 2 is 2.16 bits per heavy atom. The van der Waals surface area contributed by atoms with Crippen LogP contribution in [0, 0.1) is 18.7 Å². The van der Waals surface area contributed by atoms with E-state index in [4.69, 9.17) is 10.3 Å². The molecule has 0 aliphatic rings. The average Bonchev–Trinajstić information content (AvgIpc) is 2.89. The zero-order chi connectivity index (χ0) is 14.0. The van der Waals surface area contributed by atoms with Crippen LogP contribution in [0.3, 0.4) is 0 Å². The van der Waals surface area contributed by atoms with E-state index in [1.807, 2.05) is 6.92 Å². The second kappa shape index (κ2) is 5.48. The van der Waals surface area contributed by atoms with Gasteiger partial charge in [0, 0.05) is 5.56 Å². The molecule has 0 saturated carbocycles. The molecule has 0 amide bonds. The maximum absolute atomic E-state index is 13.5. The molecule has 2 aromatic rings. The van der Waals surface area contributed by atoms with Gasteiger partial charge in [0.25, 0.3) is 0 Å². The second-order valence-corrected chi connectivity index (χ2v) is 4.83. The lowest BCUT2D eigenvalue weighted by Gasteiger charge is -2.12. The SMILES string of the molecule is CCC(C)C(N)c1nc(-c2ccc(C)c(F)c2)no1. The molecule has 0 radical (unpaired) electrons. The lowest BCUT2D eigenvalue weighted by molar-refractivity contribution is 0.312. The van der Waals surface area contributed by atoms with Crippen molar-refractivity contribution in [2.75, 3.05) is 0 Å². The molecule has 0 saturated heterocycles. The van der Waals surface area contributed by atoms with Crippen LogP contribution in [0.25, 0.3) is 11.4 Å². The molecule has 0 fully saturated rings. The number of aryl methyl sites for hydroxylation is 1. The number of aromatic nitrogens is 2. The molecule has 0 bridgehead atoms. The minimum atomic E-state index is -0.290. The van der Waals surface area contributed by atoms with E-state index in [9.17, 15) is 4.39 Å². The molecule has 4 nitrogen and oxygen atoms in total. The van der Waals surface area contributed by atoms with E-state index in [2.05, 4.69) is 17.1 Å². The number of rotatable bonds is 4. The summed E-state index contributed by atoms with van der Waals surface area (Å²) in [5.41, 5.74) is 7.20. The number of halogens is 1. The fraction of sp³-hybridized carbons (Fsp3) is 0.429. The van der Waals surface area contributed by atoms with E-state index in [0.29, 0.717) is 22.8 Å². The molecule has 1 aromatic carbocycles. The number of hydrogen-bond donors (Lipinski definition) is 1. The van der Waals surface area contributed by atoms with Gasteiger partial charge < -0.3 is 10.3 Å². The number of hydrogen-bond acceptors (Lipinski definition) is 4. The minimum Gasteiger partial charge on any atom is -0.337 e. The maximum Gasteiger partial charge on any atom is 0.244 e. The summed E-state index contributed by atoms with van der Waals surface area (Å²) in [6, 6.07) is 4.57. The van der Waals surface area contributed by atoms with Crippen LogP contribution in [-0.2, 0) is 0 Å². The van der Waals surface area contributed by atoms with Crippen molar-refractivity contribution >= 4 is 0 Å². The molecule has 19 heavy (non-hydrogen) atoms. The highest BCUT2D eigenvalue weighted by molar-refractivity contribution is 5.54. The van der Waals surface area contributed by atoms with E-state index in [1.165, 1.54) is 6.07 Å². The molecule has 0 aliphatic carbocycles. The highest BCUT2D eigenvalue weighted by Crippen LogP contribution is 2.24. The Bertz CT molecular complexity index is 568. The second-order valence-electron chi connectivity index (χ2n) is 4.83. The fourth-order valence-electron chi connectivity index (χ4n) is 1.72. The van der Waals surface area contributed by atoms with Crippen LogP contribution in [0.2, 0.25) is 0 Å². The summed E-state index contributed by atoms with van der Waals surface area (Å²) in [6.45, 7) is 5.79. The van der Waals surface area contributed by atoms with Gasteiger partial charge in [0.1, 0.15) is 5.82 Å². The van der Waals surface area contributed by atoms with Crippen molar-refractivity contribution < 1.29 is 8.91 Å². The zero-order valence-corrected chi connectivity index (χ0v) is 11.4. The minimum absolute atomic E-state index is 0.253. The molecule has 0 aliphatic heterocycles. The Morgan fingerprint density at radius 3 is 2.79 bits per heavy atom. The van der Waals surface area contributed by atoms with Gasteiger partial charge in [-0.1, -0.05) is 37.6 Å². The van der Waals surface area contributed by atoms with Crippen LogP contribution in [0.15, 0.2) is 22.7 Å². The van der Waals surface area contributed by atoms with Gasteiger partial charge in [0.05, 0.1) is 6.04 Å². The van der Waals surface area contributed by atoms with E-state index in [1.54, 1.807) is 19.1 Å². The maximum atomic E-state index is 13.5. The predicted octanol–water partition coefficient (Wildman–Crippen LogP) is 3.23. The van der Waals surface area contributed by atoms with E-state index in [0.717, 1.165) is 6.42 Å². The standard InChI is InChI=1S/C14H18FN3O/c1-4-8(2)12(16)14-17-13(18-19-14)10-6-5-9(3)11(15)7-10/h5-8,12H,4,16H2,1-3H3. The normalized spacial score (nSPS) is 14.4. The molecule has 0 spiro atoms. The molecule has 2 unspecified atom stereocenters. The van der Waals surface area contributed by atoms with Gasteiger partial charge in [-0.15, -0.1) is 0 Å². The number of nitrogens with two attached hydrogens (primary N) is 1. The zero-order valence-electron chi connectivity index (χ0n) is 11.4. The number of benzene rings is 1. The quantitative estimate of drug-likeness (QED) is 0.919. The summed E-state index contributed by atoms with van der Waals surface area (Å²) in [5, 5.41) is 3.86. The molecular weight excluding hydrogens is 245 g/mol. The third-order valence-electron chi connectivity index (χ3n) is 3.41. The van der Waals surface area contributed by atoms with Crippen LogP contribution in [0.1, 0.15) is 37.8 Å². The monoisotopic (exact) mass is 263 g/mol. The summed E-state index contributed by atoms with van der Waals surface area (Å²) in [4.78, 5) is 4.25. The molecular formula is C14H18FN3O. The lowest BCUT2D eigenvalue weighted by atomic mass is 10.0. The van der Waals surface area contributed by atoms with Gasteiger partial charge in [-0.05, 0) is 24.5 Å². The van der Waals surface area contributed by atoms with Gasteiger partial charge in [0.2, 0.25) is 11.7 Å². The molecule has 1 heterocycles. The third-order valence-corrected chi connectivity index (χ3v) is 3.41. The highest BCUT2D eigenvalue weighted by Gasteiger charge is 2.20. The van der Waals surface area contributed by atoms with Crippen LogP contribution in [-0.4, -0.2) is 10.1 Å². The first-order valence-electron chi connectivity index (χ1n) is 6.38. The molecule has 102 valence electrons. The van der Waals surface area contributed by atoms with E-state index in [-0.39, 0.29) is 17.8 Å². The lowest BCUT2D eigenvalue weighted by Crippen LogP contribution is -2.18. The van der Waals surface area contributed by atoms with Crippen LogP contribution >= 0.6 is 0 Å². The fourth-order valence-corrected chi connectivity index (χ4v) is 1.72. The van der Waals surface area contributed by atoms with E-state index < -0.39 is 0 Å². The summed E-state index contributed by atoms with van der Waals surface area (Å²) in [6.07, 6.45) is 0.929. The van der Waals surface area contributed by atoms with Crippen molar-refractivity contribution in [3.8, 4) is 11.4 Å². The first-order valence-corrected chi connectivity index (χ1v) is 6.38. The topological polar surface area (TPSA) is 64.9 Å². The Kier molecular flexibility index (Phi) is 3.95. The molecule has 5 heteroatoms. The molecule has 2 rings (SSSR count). The van der Waals surface area contributed by atoms with Crippen molar-refractivity contribution in [3.63, 3.8) is 0 Å². The van der Waals surface area contributed by atoms with Gasteiger partial charge in [-0.25, -0.2) is 4.39 Å². The Labute approximate surface area is 111 Å². The molecule has 2 atom stereocenters. The summed E-state index contributed by atoms with van der Waals surface area (Å²) < 4.78 is 18.7. The average molecular weight is 263 g/mol. The third kappa shape index (κ3) is 2.81. The van der Waals surface area contributed by atoms with Crippen LogP contribution < -0.4 is 5.73 Å². The van der Waals surface area contributed by atoms with Gasteiger partial charge in [-0.3, -0.25) is 0 Å². The molecule has 2 N–H and O–H groups in total. The first kappa shape index (κ1) is 13.7. The van der Waals surface area contributed by atoms with Crippen molar-refractivity contribution in [2.45, 2.75) is 33.2 Å². The summed E-state index contributed by atoms with van der Waals surface area (Å²) >= 11 is 0. The van der Waals surface area contributed by atoms with Gasteiger partial charge in [-0.2, -0.15) is 4.98 Å². The van der Waals surface area contributed by atoms with Gasteiger partial charge in [0.15, 0.2) is 0 Å². The van der Waals surface area contributed by atoms with Gasteiger partial charge >= 0.3 is 0 Å². The van der Waals surface area contributed by atoms with Crippen LogP contribution in [0.5, 0.6) is 0 Å². The Balaban J connectivity index is 2.27. The first-order chi connectivity index (χ1) is 9.02.